The van der Waals surface area contributed by atoms with Crippen LogP contribution in [0, 0.1) is 6.92 Å². The second-order valence-electron chi connectivity index (χ2n) is 9.43. The molecule has 1 heterocycles. The molecule has 0 spiro atoms. The maximum absolute atomic E-state index is 13.6. The Balaban J connectivity index is 1.82. The van der Waals surface area contributed by atoms with Gasteiger partial charge in [0.25, 0.3) is 5.91 Å². The van der Waals surface area contributed by atoms with Gasteiger partial charge in [-0.3, -0.25) is 9.59 Å². The number of methoxy groups -OCH3 is 2. The standard InChI is InChI=1S/C30H35F3N2O4S/c1-5-6-15-35(29(37)23-8-7-9-24(18-23)30(31,32)33)20-28(36)34(19-25-12-10-21(2)40-25)16-14-22-11-13-26(38-3)27(17-22)39-4/h7-13,17-18H,5-6,14-16,19-20H2,1-4H3. The minimum atomic E-state index is -4.57. The number of halogens is 3. The fraction of sp³-hybridized carbons (Fsp3) is 0.400. The van der Waals surface area contributed by atoms with E-state index in [1.165, 1.54) is 17.0 Å². The summed E-state index contributed by atoms with van der Waals surface area (Å²) < 4.78 is 50.5. The molecule has 216 valence electrons. The molecule has 0 atom stereocenters. The van der Waals surface area contributed by atoms with Gasteiger partial charge in [0, 0.05) is 28.4 Å². The van der Waals surface area contributed by atoms with Gasteiger partial charge in [-0.15, -0.1) is 11.3 Å². The number of ether oxygens (including phenoxy) is 2. The number of thiophene rings is 1. The van der Waals surface area contributed by atoms with E-state index >= 15 is 0 Å². The van der Waals surface area contributed by atoms with Gasteiger partial charge in [-0.2, -0.15) is 13.2 Å². The van der Waals surface area contributed by atoms with Crippen LogP contribution in [0.1, 0.15) is 51.0 Å². The van der Waals surface area contributed by atoms with Gasteiger partial charge < -0.3 is 19.3 Å². The molecule has 1 aromatic heterocycles. The number of hydrogen-bond acceptors (Lipinski definition) is 5. The van der Waals surface area contributed by atoms with Crippen molar-refractivity contribution in [1.82, 2.24) is 9.80 Å². The lowest BCUT2D eigenvalue weighted by Crippen LogP contribution is -2.43. The summed E-state index contributed by atoms with van der Waals surface area (Å²) in [6.07, 6.45) is -2.65. The van der Waals surface area contributed by atoms with E-state index in [0.29, 0.717) is 37.4 Å². The summed E-state index contributed by atoms with van der Waals surface area (Å²) in [4.78, 5) is 32.1. The van der Waals surface area contributed by atoms with Crippen LogP contribution in [0.5, 0.6) is 11.5 Å². The highest BCUT2D eigenvalue weighted by molar-refractivity contribution is 7.11. The van der Waals surface area contributed by atoms with Crippen molar-refractivity contribution >= 4 is 23.2 Å². The lowest BCUT2D eigenvalue weighted by molar-refractivity contribution is -0.137. The van der Waals surface area contributed by atoms with Crippen LogP contribution < -0.4 is 9.47 Å². The second kappa shape index (κ2) is 14.2. The van der Waals surface area contributed by atoms with Gasteiger partial charge >= 0.3 is 6.18 Å². The van der Waals surface area contributed by atoms with Gasteiger partial charge in [-0.1, -0.05) is 25.5 Å². The molecule has 40 heavy (non-hydrogen) atoms. The highest BCUT2D eigenvalue weighted by Gasteiger charge is 2.31. The van der Waals surface area contributed by atoms with Gasteiger partial charge in [0.15, 0.2) is 11.5 Å². The van der Waals surface area contributed by atoms with E-state index in [4.69, 9.17) is 9.47 Å². The Morgan fingerprint density at radius 3 is 2.30 bits per heavy atom. The van der Waals surface area contributed by atoms with Crippen LogP contribution in [-0.2, 0) is 23.9 Å². The van der Waals surface area contributed by atoms with Crippen LogP contribution >= 0.6 is 11.3 Å². The zero-order chi connectivity index (χ0) is 29.3. The number of benzene rings is 2. The molecule has 2 aromatic carbocycles. The normalized spacial score (nSPS) is 11.3. The number of unbranched alkanes of at least 4 members (excludes halogenated alkanes) is 1. The highest BCUT2D eigenvalue weighted by atomic mass is 32.1. The van der Waals surface area contributed by atoms with Crippen LogP contribution in [0.4, 0.5) is 13.2 Å². The van der Waals surface area contributed by atoms with Crippen LogP contribution in [0.3, 0.4) is 0 Å². The first kappa shape index (κ1) is 31.0. The van der Waals surface area contributed by atoms with Gasteiger partial charge in [0.2, 0.25) is 5.91 Å². The predicted octanol–water partition coefficient (Wildman–Crippen LogP) is 6.61. The maximum atomic E-state index is 13.6. The van der Waals surface area contributed by atoms with Gasteiger partial charge in [0.1, 0.15) is 6.54 Å². The molecule has 0 aliphatic heterocycles. The second-order valence-corrected chi connectivity index (χ2v) is 10.8. The number of carbonyl (C=O) groups is 2. The summed E-state index contributed by atoms with van der Waals surface area (Å²) in [6, 6.07) is 13.9. The summed E-state index contributed by atoms with van der Waals surface area (Å²) in [5.74, 6) is 0.319. The monoisotopic (exact) mass is 576 g/mol. The summed E-state index contributed by atoms with van der Waals surface area (Å²) in [5.41, 5.74) is -0.0464. The molecule has 0 unspecified atom stereocenters. The molecule has 10 heteroatoms. The van der Waals surface area contributed by atoms with E-state index in [0.717, 1.165) is 33.9 Å². The molecule has 3 rings (SSSR count). The third-order valence-corrected chi connectivity index (χ3v) is 7.43. The minimum absolute atomic E-state index is 0.0931. The molecule has 2 amide bonds. The summed E-state index contributed by atoms with van der Waals surface area (Å²) in [7, 11) is 3.12. The molecule has 0 bridgehead atoms. The molecule has 6 nitrogen and oxygen atoms in total. The lowest BCUT2D eigenvalue weighted by atomic mass is 10.1. The summed E-state index contributed by atoms with van der Waals surface area (Å²) in [6.45, 7) is 4.71. The average Bonchev–Trinajstić information content (AvgIpc) is 3.36. The highest BCUT2D eigenvalue weighted by Crippen LogP contribution is 2.30. The van der Waals surface area contributed by atoms with Gasteiger partial charge in [0.05, 0.1) is 26.3 Å². The first-order valence-electron chi connectivity index (χ1n) is 13.1. The number of hydrogen-bond donors (Lipinski definition) is 0. The number of carbonyl (C=O) groups excluding carboxylic acids is 2. The van der Waals surface area contributed by atoms with Gasteiger partial charge in [-0.25, -0.2) is 0 Å². The quantitative estimate of drug-likeness (QED) is 0.230. The third-order valence-electron chi connectivity index (χ3n) is 6.45. The number of aryl methyl sites for hydroxylation is 1. The van der Waals surface area contributed by atoms with Crippen molar-refractivity contribution in [2.45, 2.75) is 45.8 Å². The molecule has 0 saturated carbocycles. The largest absolute Gasteiger partial charge is 0.493 e. The van der Waals surface area contributed by atoms with E-state index in [9.17, 15) is 22.8 Å². The van der Waals surface area contributed by atoms with Crippen LogP contribution in [0.2, 0.25) is 0 Å². The molecule has 0 fully saturated rings. The van der Waals surface area contributed by atoms with Crippen molar-refractivity contribution in [2.75, 3.05) is 33.9 Å². The Labute approximate surface area is 237 Å². The average molecular weight is 577 g/mol. The van der Waals surface area contributed by atoms with E-state index in [-0.39, 0.29) is 24.6 Å². The van der Waals surface area contributed by atoms with Crippen molar-refractivity contribution in [2.24, 2.45) is 0 Å². The van der Waals surface area contributed by atoms with Crippen molar-refractivity contribution in [3.8, 4) is 11.5 Å². The molecular weight excluding hydrogens is 541 g/mol. The van der Waals surface area contributed by atoms with E-state index in [1.54, 1.807) is 30.5 Å². The van der Waals surface area contributed by atoms with E-state index < -0.39 is 17.6 Å². The Hall–Kier alpha value is -3.53. The van der Waals surface area contributed by atoms with E-state index in [2.05, 4.69) is 0 Å². The topological polar surface area (TPSA) is 59.1 Å². The summed E-state index contributed by atoms with van der Waals surface area (Å²) >= 11 is 1.59. The molecule has 0 saturated heterocycles. The summed E-state index contributed by atoms with van der Waals surface area (Å²) in [5, 5.41) is 0. The fourth-order valence-electron chi connectivity index (χ4n) is 4.23. The van der Waals surface area contributed by atoms with Crippen LogP contribution in [-0.4, -0.2) is 55.5 Å². The van der Waals surface area contributed by atoms with Crippen molar-refractivity contribution < 1.29 is 32.2 Å². The number of amides is 2. The van der Waals surface area contributed by atoms with Crippen molar-refractivity contribution in [3.63, 3.8) is 0 Å². The van der Waals surface area contributed by atoms with Crippen molar-refractivity contribution in [1.29, 1.82) is 0 Å². The first-order valence-corrected chi connectivity index (χ1v) is 13.9. The van der Waals surface area contributed by atoms with Gasteiger partial charge in [-0.05, 0) is 67.8 Å². The maximum Gasteiger partial charge on any atom is 0.416 e. The molecule has 0 radical (unpaired) electrons. The minimum Gasteiger partial charge on any atom is -0.493 e. The molecule has 0 N–H and O–H groups in total. The van der Waals surface area contributed by atoms with E-state index in [1.807, 2.05) is 44.2 Å². The smallest absolute Gasteiger partial charge is 0.416 e. The third kappa shape index (κ3) is 8.48. The number of alkyl halides is 3. The zero-order valence-electron chi connectivity index (χ0n) is 23.2. The Morgan fingerprint density at radius 1 is 0.925 bits per heavy atom. The fourth-order valence-corrected chi connectivity index (χ4v) is 5.13. The zero-order valence-corrected chi connectivity index (χ0v) is 24.0. The van der Waals surface area contributed by atoms with Crippen LogP contribution in [0.15, 0.2) is 54.6 Å². The first-order chi connectivity index (χ1) is 19.0. The lowest BCUT2D eigenvalue weighted by Gasteiger charge is -2.28. The number of nitrogens with zero attached hydrogens (tertiary/aromatic N) is 2. The van der Waals surface area contributed by atoms with Crippen molar-refractivity contribution in [3.05, 3.63) is 81.0 Å². The SMILES string of the molecule is CCCCN(CC(=O)N(CCc1ccc(OC)c(OC)c1)Cc1ccc(C)s1)C(=O)c1cccc(C(F)(F)F)c1. The Morgan fingerprint density at radius 2 is 1.68 bits per heavy atom. The Bertz CT molecular complexity index is 1290. The molecular formula is C30H35F3N2O4S. The molecule has 0 aliphatic carbocycles. The molecule has 3 aromatic rings. The molecule has 0 aliphatic rings. The predicted molar refractivity (Wildman–Crippen MR) is 150 cm³/mol. The Kier molecular flexibility index (Phi) is 11.0. The van der Waals surface area contributed by atoms with Crippen LogP contribution in [0.25, 0.3) is 0 Å². The number of rotatable bonds is 13.